The van der Waals surface area contributed by atoms with Crippen molar-refractivity contribution in [2.24, 2.45) is 0 Å². The second kappa shape index (κ2) is 8.85. The number of amides is 1. The Morgan fingerprint density at radius 2 is 1.96 bits per heavy atom. The summed E-state index contributed by atoms with van der Waals surface area (Å²) in [5.74, 6) is -0.865. The maximum absolute atomic E-state index is 12.8. The summed E-state index contributed by atoms with van der Waals surface area (Å²) in [5.41, 5.74) is -1.26. The minimum atomic E-state index is -4.57. The van der Waals surface area contributed by atoms with Crippen molar-refractivity contribution in [3.05, 3.63) is 57.1 Å². The summed E-state index contributed by atoms with van der Waals surface area (Å²) in [6.45, 7) is 0. The van der Waals surface area contributed by atoms with Gasteiger partial charge in [0.15, 0.2) is 0 Å². The monoisotopic (exact) mass is 436 g/mol. The molecule has 0 aromatic heterocycles. The highest BCUT2D eigenvalue weighted by Crippen LogP contribution is 2.35. The normalized spacial score (nSPS) is 11.3. The number of nitrogens with zero attached hydrogens (tertiary/aromatic N) is 1. The molecule has 0 saturated heterocycles. The standard InChI is InChI=1S/C16H12ClF3N2O3S2/c1-26-10-3-5-14(13(7-10)22(24)25)27-8-15(23)21-12-6-9(16(18,19)20)2-4-11(12)17/h2-7H,8H2,1H3,(H,21,23). The van der Waals surface area contributed by atoms with Crippen molar-refractivity contribution < 1.29 is 22.9 Å². The molecule has 0 aliphatic rings. The number of carbonyl (C=O) groups is 1. The van der Waals surface area contributed by atoms with Gasteiger partial charge in [-0.25, -0.2) is 0 Å². The van der Waals surface area contributed by atoms with E-state index in [1.165, 1.54) is 23.9 Å². The van der Waals surface area contributed by atoms with E-state index in [9.17, 15) is 28.1 Å². The number of nitro benzene ring substituents is 1. The lowest BCUT2D eigenvalue weighted by Crippen LogP contribution is -2.15. The summed E-state index contributed by atoms with van der Waals surface area (Å²) in [5, 5.41) is 13.4. The molecule has 0 unspecified atom stereocenters. The van der Waals surface area contributed by atoms with Gasteiger partial charge < -0.3 is 5.32 Å². The topological polar surface area (TPSA) is 72.2 Å². The quantitative estimate of drug-likeness (QED) is 0.356. The lowest BCUT2D eigenvalue weighted by Gasteiger charge is -2.11. The van der Waals surface area contributed by atoms with Gasteiger partial charge in [0.1, 0.15) is 0 Å². The lowest BCUT2D eigenvalue weighted by molar-refractivity contribution is -0.387. The van der Waals surface area contributed by atoms with E-state index in [1.54, 1.807) is 12.3 Å². The van der Waals surface area contributed by atoms with Crippen molar-refractivity contribution in [2.75, 3.05) is 17.3 Å². The molecule has 1 amide bonds. The zero-order chi connectivity index (χ0) is 20.2. The zero-order valence-corrected chi connectivity index (χ0v) is 16.1. The predicted molar refractivity (Wildman–Crippen MR) is 101 cm³/mol. The number of nitrogens with one attached hydrogen (secondary N) is 1. The summed E-state index contributed by atoms with van der Waals surface area (Å²) in [6, 6.07) is 7.19. The van der Waals surface area contributed by atoms with E-state index in [-0.39, 0.29) is 27.0 Å². The van der Waals surface area contributed by atoms with Crippen molar-refractivity contribution in [1.29, 1.82) is 0 Å². The number of nitro groups is 1. The molecule has 144 valence electrons. The van der Waals surface area contributed by atoms with E-state index in [1.807, 2.05) is 0 Å². The summed E-state index contributed by atoms with van der Waals surface area (Å²) in [6.07, 6.45) is -2.80. The third kappa shape index (κ3) is 5.78. The highest BCUT2D eigenvalue weighted by atomic mass is 35.5. The minimum absolute atomic E-state index is 0.0448. The third-order valence-electron chi connectivity index (χ3n) is 3.29. The fraction of sp³-hybridized carbons (Fsp3) is 0.188. The number of benzene rings is 2. The van der Waals surface area contributed by atoms with Gasteiger partial charge in [0.05, 0.1) is 31.8 Å². The number of thioether (sulfide) groups is 2. The van der Waals surface area contributed by atoms with Crippen LogP contribution in [0.15, 0.2) is 46.2 Å². The maximum atomic E-state index is 12.8. The molecule has 11 heteroatoms. The molecular formula is C16H12ClF3N2O3S2. The summed E-state index contributed by atoms with van der Waals surface area (Å²) in [4.78, 5) is 23.6. The molecule has 2 aromatic rings. The Hall–Kier alpha value is -1.91. The van der Waals surface area contributed by atoms with Crippen LogP contribution in [0.2, 0.25) is 5.02 Å². The smallest absolute Gasteiger partial charge is 0.324 e. The van der Waals surface area contributed by atoms with Gasteiger partial charge in [-0.3, -0.25) is 14.9 Å². The van der Waals surface area contributed by atoms with Crippen LogP contribution in [0.4, 0.5) is 24.5 Å². The Labute approximate surface area is 165 Å². The largest absolute Gasteiger partial charge is 0.416 e. The Morgan fingerprint density at radius 3 is 2.56 bits per heavy atom. The van der Waals surface area contributed by atoms with Crippen molar-refractivity contribution >= 4 is 52.4 Å². The zero-order valence-electron chi connectivity index (χ0n) is 13.7. The van der Waals surface area contributed by atoms with Crippen molar-refractivity contribution in [3.63, 3.8) is 0 Å². The molecular weight excluding hydrogens is 425 g/mol. The molecule has 2 rings (SSSR count). The number of hydrogen-bond acceptors (Lipinski definition) is 5. The van der Waals surface area contributed by atoms with Crippen molar-refractivity contribution in [1.82, 2.24) is 0 Å². The SMILES string of the molecule is CSc1ccc(SCC(=O)Nc2cc(C(F)(F)F)ccc2Cl)c([N+](=O)[O-])c1. The number of alkyl halides is 3. The molecule has 0 spiro atoms. The first-order valence-corrected chi connectivity index (χ1v) is 9.82. The molecule has 0 fully saturated rings. The van der Waals surface area contributed by atoms with Crippen LogP contribution in [0.25, 0.3) is 0 Å². The van der Waals surface area contributed by atoms with Crippen LogP contribution in [0.1, 0.15) is 5.56 Å². The van der Waals surface area contributed by atoms with Gasteiger partial charge in [0.2, 0.25) is 5.91 Å². The second-order valence-electron chi connectivity index (χ2n) is 5.12. The Kier molecular flexibility index (Phi) is 7.01. The van der Waals surface area contributed by atoms with Crippen LogP contribution in [-0.2, 0) is 11.0 Å². The predicted octanol–water partition coefficient (Wildman–Crippen LogP) is 5.72. The van der Waals surface area contributed by atoms with Crippen LogP contribution < -0.4 is 5.32 Å². The van der Waals surface area contributed by atoms with Gasteiger partial charge in [-0.2, -0.15) is 13.2 Å². The number of anilines is 1. The van der Waals surface area contributed by atoms with E-state index in [4.69, 9.17) is 11.6 Å². The number of carbonyl (C=O) groups excluding carboxylic acids is 1. The lowest BCUT2D eigenvalue weighted by atomic mass is 10.2. The second-order valence-corrected chi connectivity index (χ2v) is 7.42. The van der Waals surface area contributed by atoms with Gasteiger partial charge in [-0.05, 0) is 36.6 Å². The van der Waals surface area contributed by atoms with E-state index in [0.717, 1.165) is 30.0 Å². The molecule has 0 atom stereocenters. The highest BCUT2D eigenvalue weighted by Gasteiger charge is 2.31. The van der Waals surface area contributed by atoms with Gasteiger partial charge >= 0.3 is 6.18 Å². The average Bonchev–Trinajstić information content (AvgIpc) is 2.60. The molecule has 0 aliphatic heterocycles. The molecule has 0 radical (unpaired) electrons. The van der Waals surface area contributed by atoms with Crippen LogP contribution in [0, 0.1) is 10.1 Å². The molecule has 1 N–H and O–H groups in total. The molecule has 0 heterocycles. The summed E-state index contributed by atoms with van der Waals surface area (Å²) >= 11 is 8.08. The number of halogens is 4. The molecule has 2 aromatic carbocycles. The molecule has 27 heavy (non-hydrogen) atoms. The summed E-state index contributed by atoms with van der Waals surface area (Å²) < 4.78 is 38.3. The van der Waals surface area contributed by atoms with Crippen molar-refractivity contribution in [2.45, 2.75) is 16.0 Å². The number of rotatable bonds is 6. The van der Waals surface area contributed by atoms with Crippen molar-refractivity contribution in [3.8, 4) is 0 Å². The van der Waals surface area contributed by atoms with E-state index < -0.39 is 22.6 Å². The van der Waals surface area contributed by atoms with Crippen LogP contribution >= 0.6 is 35.1 Å². The van der Waals surface area contributed by atoms with E-state index >= 15 is 0 Å². The fourth-order valence-corrected chi connectivity index (χ4v) is 3.42. The fourth-order valence-electron chi connectivity index (χ4n) is 2.02. The first kappa shape index (κ1) is 21.4. The average molecular weight is 437 g/mol. The van der Waals surface area contributed by atoms with E-state index in [0.29, 0.717) is 4.90 Å². The molecule has 0 bridgehead atoms. The molecule has 0 aliphatic carbocycles. The first-order chi connectivity index (χ1) is 12.6. The summed E-state index contributed by atoms with van der Waals surface area (Å²) in [7, 11) is 0. The van der Waals surface area contributed by atoms with Crippen LogP contribution in [0.3, 0.4) is 0 Å². The van der Waals surface area contributed by atoms with Crippen LogP contribution in [-0.4, -0.2) is 22.8 Å². The first-order valence-electron chi connectivity index (χ1n) is 7.23. The Balaban J connectivity index is 2.11. The van der Waals surface area contributed by atoms with Gasteiger partial charge in [0, 0.05) is 11.0 Å². The minimum Gasteiger partial charge on any atom is -0.324 e. The third-order valence-corrected chi connectivity index (χ3v) is 5.41. The number of hydrogen-bond donors (Lipinski definition) is 1. The maximum Gasteiger partial charge on any atom is 0.416 e. The molecule has 5 nitrogen and oxygen atoms in total. The van der Waals surface area contributed by atoms with Gasteiger partial charge in [-0.15, -0.1) is 23.5 Å². The van der Waals surface area contributed by atoms with Gasteiger partial charge in [0.25, 0.3) is 5.69 Å². The van der Waals surface area contributed by atoms with Gasteiger partial charge in [-0.1, -0.05) is 11.6 Å². The Bertz CT molecular complexity index is 878. The van der Waals surface area contributed by atoms with Crippen LogP contribution in [0.5, 0.6) is 0 Å². The Morgan fingerprint density at radius 1 is 1.26 bits per heavy atom. The highest BCUT2D eigenvalue weighted by molar-refractivity contribution is 8.00. The van der Waals surface area contributed by atoms with E-state index in [2.05, 4.69) is 5.32 Å². The molecule has 0 saturated carbocycles.